The Labute approximate surface area is 198 Å². The molecule has 3 rings (SSSR count). The first-order chi connectivity index (χ1) is 16.0. The van der Waals surface area contributed by atoms with E-state index in [4.69, 9.17) is 4.42 Å². The normalized spacial score (nSPS) is 11.5. The van der Waals surface area contributed by atoms with E-state index in [0.717, 1.165) is 5.69 Å². The summed E-state index contributed by atoms with van der Waals surface area (Å²) in [5.74, 6) is -0.528. The number of aryl methyl sites for hydroxylation is 1. The molecule has 2 aromatic heterocycles. The second-order valence-corrected chi connectivity index (χ2v) is 9.13. The van der Waals surface area contributed by atoms with Gasteiger partial charge in [0.1, 0.15) is 5.54 Å². The van der Waals surface area contributed by atoms with Gasteiger partial charge in [0.05, 0.1) is 10.9 Å². The minimum Gasteiger partial charge on any atom is -0.389 e. The lowest BCUT2D eigenvalue weighted by atomic mass is 10.0. The van der Waals surface area contributed by atoms with Crippen LogP contribution in [0.4, 0.5) is 11.7 Å². The van der Waals surface area contributed by atoms with E-state index >= 15 is 0 Å². The molecule has 0 radical (unpaired) electrons. The third kappa shape index (κ3) is 5.59. The van der Waals surface area contributed by atoms with E-state index in [2.05, 4.69) is 20.6 Å². The number of benzene rings is 1. The summed E-state index contributed by atoms with van der Waals surface area (Å²) in [6.45, 7) is 9.20. The first kappa shape index (κ1) is 24.9. The predicted octanol–water partition coefficient (Wildman–Crippen LogP) is 3.38. The number of likely N-dealkylation sites (N-methyl/N-ethyl adjacent to an activating group) is 1. The molecule has 0 aliphatic carbocycles. The van der Waals surface area contributed by atoms with E-state index in [-0.39, 0.29) is 29.1 Å². The fraction of sp³-hybridized carbons (Fsp3) is 0.400. The first-order valence-corrected chi connectivity index (χ1v) is 11.2. The highest BCUT2D eigenvalue weighted by Crippen LogP contribution is 2.24. The molecular formula is C25H31N5O4. The van der Waals surface area contributed by atoms with Crippen molar-refractivity contribution in [2.24, 2.45) is 5.92 Å². The van der Waals surface area contributed by atoms with Crippen LogP contribution in [0.3, 0.4) is 0 Å². The van der Waals surface area contributed by atoms with Crippen LogP contribution in [-0.2, 0) is 16.0 Å². The number of pyridine rings is 1. The maximum Gasteiger partial charge on any atom is 0.348 e. The third-order valence-electron chi connectivity index (χ3n) is 5.57. The highest BCUT2D eigenvalue weighted by atomic mass is 16.4. The van der Waals surface area contributed by atoms with Gasteiger partial charge in [-0.05, 0) is 50.6 Å². The number of nitrogens with one attached hydrogen (secondary N) is 2. The predicted molar refractivity (Wildman–Crippen MR) is 132 cm³/mol. The number of rotatable bonds is 8. The monoisotopic (exact) mass is 465 g/mol. The van der Waals surface area contributed by atoms with Gasteiger partial charge in [-0.2, -0.15) is 4.98 Å². The Balaban J connectivity index is 1.78. The van der Waals surface area contributed by atoms with Crippen LogP contribution in [-0.4, -0.2) is 45.8 Å². The smallest absolute Gasteiger partial charge is 0.348 e. The summed E-state index contributed by atoms with van der Waals surface area (Å²) in [7, 11) is 1.72. The van der Waals surface area contributed by atoms with Gasteiger partial charge < -0.3 is 20.0 Å². The van der Waals surface area contributed by atoms with Crippen molar-refractivity contribution < 1.29 is 14.0 Å². The van der Waals surface area contributed by atoms with E-state index < -0.39 is 11.2 Å². The molecule has 0 fully saturated rings. The van der Waals surface area contributed by atoms with Gasteiger partial charge in [-0.3, -0.25) is 14.6 Å². The molecule has 9 heteroatoms. The van der Waals surface area contributed by atoms with Crippen molar-refractivity contribution in [3.05, 3.63) is 58.2 Å². The van der Waals surface area contributed by atoms with Gasteiger partial charge in [-0.15, -0.1) is 0 Å². The van der Waals surface area contributed by atoms with E-state index in [0.29, 0.717) is 29.7 Å². The second kappa shape index (κ2) is 10.0. The van der Waals surface area contributed by atoms with Crippen LogP contribution in [0.25, 0.3) is 10.9 Å². The van der Waals surface area contributed by atoms with Crippen molar-refractivity contribution in [1.82, 2.24) is 14.9 Å². The molecule has 1 aromatic carbocycles. The molecule has 0 aliphatic rings. The van der Waals surface area contributed by atoms with Gasteiger partial charge in [0.15, 0.2) is 0 Å². The zero-order valence-corrected chi connectivity index (χ0v) is 20.4. The quantitative estimate of drug-likeness (QED) is 0.524. The number of amides is 2. The third-order valence-corrected chi connectivity index (χ3v) is 5.57. The number of hydrogen-bond acceptors (Lipinski definition) is 7. The molecule has 3 aromatic rings. The summed E-state index contributed by atoms with van der Waals surface area (Å²) in [6.07, 6.45) is 2.34. The lowest BCUT2D eigenvalue weighted by Crippen LogP contribution is -2.49. The maximum absolute atomic E-state index is 13.1. The van der Waals surface area contributed by atoms with Crippen molar-refractivity contribution in [2.45, 2.75) is 46.6 Å². The zero-order valence-electron chi connectivity index (χ0n) is 20.4. The number of carbonyl (C=O) groups is 2. The van der Waals surface area contributed by atoms with E-state index in [1.165, 1.54) is 0 Å². The Bertz CT molecular complexity index is 1250. The molecule has 2 N–H and O–H groups in total. The fourth-order valence-electron chi connectivity index (χ4n) is 3.51. The lowest BCUT2D eigenvalue weighted by molar-refractivity contribution is -0.133. The van der Waals surface area contributed by atoms with Gasteiger partial charge in [0.25, 0.3) is 6.01 Å². The average Bonchev–Trinajstić information content (AvgIpc) is 2.78. The highest BCUT2D eigenvalue weighted by Gasteiger charge is 2.32. The summed E-state index contributed by atoms with van der Waals surface area (Å²) in [5, 5.41) is 6.05. The van der Waals surface area contributed by atoms with Gasteiger partial charge >= 0.3 is 5.63 Å². The Morgan fingerprint density at radius 2 is 1.91 bits per heavy atom. The Morgan fingerprint density at radius 3 is 2.56 bits per heavy atom. The minimum atomic E-state index is -1.07. The van der Waals surface area contributed by atoms with Gasteiger partial charge in [-0.25, -0.2) is 4.79 Å². The van der Waals surface area contributed by atoms with Crippen LogP contribution in [0.1, 0.15) is 39.0 Å². The van der Waals surface area contributed by atoms with Crippen molar-refractivity contribution in [3.63, 3.8) is 0 Å². The topological polar surface area (TPSA) is 117 Å². The minimum absolute atomic E-state index is 0.0488. The summed E-state index contributed by atoms with van der Waals surface area (Å²) < 4.78 is 5.40. The summed E-state index contributed by atoms with van der Waals surface area (Å²) in [6, 6.07) is 8.97. The van der Waals surface area contributed by atoms with E-state index in [9.17, 15) is 14.4 Å². The Kier molecular flexibility index (Phi) is 7.34. The van der Waals surface area contributed by atoms with E-state index in [1.807, 2.05) is 18.2 Å². The van der Waals surface area contributed by atoms with E-state index in [1.54, 1.807) is 64.9 Å². The van der Waals surface area contributed by atoms with Crippen LogP contribution in [0, 0.1) is 12.8 Å². The first-order valence-electron chi connectivity index (χ1n) is 11.2. The van der Waals surface area contributed by atoms with Gasteiger partial charge in [0, 0.05) is 43.5 Å². The molecule has 0 atom stereocenters. The molecule has 0 unspecified atom stereocenters. The van der Waals surface area contributed by atoms with Crippen LogP contribution in [0.5, 0.6) is 0 Å². The van der Waals surface area contributed by atoms with Crippen molar-refractivity contribution >= 4 is 34.4 Å². The largest absolute Gasteiger partial charge is 0.389 e. The molecule has 2 amide bonds. The van der Waals surface area contributed by atoms with Crippen molar-refractivity contribution in [1.29, 1.82) is 0 Å². The number of hydrogen-bond donors (Lipinski definition) is 2. The maximum atomic E-state index is 13.1. The fourth-order valence-corrected chi connectivity index (χ4v) is 3.51. The highest BCUT2D eigenvalue weighted by molar-refractivity contribution is 5.96. The van der Waals surface area contributed by atoms with Crippen LogP contribution >= 0.6 is 0 Å². The molecule has 34 heavy (non-hydrogen) atoms. The number of fused-ring (bicyclic) bond motifs is 1. The number of anilines is 2. The average molecular weight is 466 g/mol. The number of aromatic nitrogens is 2. The molecular weight excluding hydrogens is 434 g/mol. The van der Waals surface area contributed by atoms with Crippen LogP contribution in [0.2, 0.25) is 0 Å². The second-order valence-electron chi connectivity index (χ2n) is 9.13. The van der Waals surface area contributed by atoms with Crippen LogP contribution in [0.15, 0.2) is 45.7 Å². The van der Waals surface area contributed by atoms with Crippen molar-refractivity contribution in [3.8, 4) is 0 Å². The molecule has 0 saturated carbocycles. The molecule has 9 nitrogen and oxygen atoms in total. The van der Waals surface area contributed by atoms with Crippen LogP contribution < -0.4 is 16.3 Å². The van der Waals surface area contributed by atoms with Gasteiger partial charge in [-0.1, -0.05) is 19.9 Å². The SMILES string of the molecule is Cc1c(NC(=O)C(C)C)ccc2nc(NC(C)(C)C(=O)N(C)CCc3ccccn3)oc(=O)c12. The Hall–Kier alpha value is -3.75. The molecule has 0 spiro atoms. The molecule has 0 saturated heterocycles. The molecule has 2 heterocycles. The summed E-state index contributed by atoms with van der Waals surface area (Å²) in [4.78, 5) is 48.2. The molecule has 0 bridgehead atoms. The number of nitrogens with zero attached hydrogens (tertiary/aromatic N) is 3. The zero-order chi connectivity index (χ0) is 25.0. The van der Waals surface area contributed by atoms with Crippen molar-refractivity contribution in [2.75, 3.05) is 24.2 Å². The number of carbonyl (C=O) groups excluding carboxylic acids is 2. The lowest BCUT2D eigenvalue weighted by Gasteiger charge is -2.30. The summed E-state index contributed by atoms with van der Waals surface area (Å²) in [5.41, 5.74) is 0.739. The molecule has 180 valence electrons. The Morgan fingerprint density at radius 1 is 1.18 bits per heavy atom. The van der Waals surface area contributed by atoms with Gasteiger partial charge in [0.2, 0.25) is 11.8 Å². The molecule has 0 aliphatic heterocycles. The summed E-state index contributed by atoms with van der Waals surface area (Å²) >= 11 is 0. The standard InChI is InChI=1S/C25H31N5O4/c1-15(2)21(31)27-18-10-11-19-20(16(18)3)22(32)34-24(28-19)29-25(4,5)23(33)30(6)14-12-17-9-7-8-13-26-17/h7-11,13,15H,12,14H2,1-6H3,(H,27,31)(H,28,29).